The van der Waals surface area contributed by atoms with Crippen molar-refractivity contribution < 1.29 is 10.2 Å². The van der Waals surface area contributed by atoms with Crippen LogP contribution in [0.15, 0.2) is 0 Å². The SMILES string of the molecule is CC1CCCC(CO)(NC2CCCCC2O)C1. The summed E-state index contributed by atoms with van der Waals surface area (Å²) in [6.07, 6.45) is 8.65. The van der Waals surface area contributed by atoms with Crippen molar-refractivity contribution in [2.24, 2.45) is 5.92 Å². The topological polar surface area (TPSA) is 52.5 Å². The molecule has 3 nitrogen and oxygen atoms in total. The summed E-state index contributed by atoms with van der Waals surface area (Å²) in [6.45, 7) is 2.48. The number of hydrogen-bond donors (Lipinski definition) is 3. The summed E-state index contributed by atoms with van der Waals surface area (Å²) in [5.74, 6) is 0.684. The zero-order valence-electron chi connectivity index (χ0n) is 11.0. The van der Waals surface area contributed by atoms with Crippen LogP contribution >= 0.6 is 0 Å². The first-order chi connectivity index (χ1) is 8.15. The standard InChI is InChI=1S/C14H27NO2/c1-11-5-4-8-14(9-11,10-16)15-12-6-2-3-7-13(12)17/h11-13,15-17H,2-10H2,1H3. The zero-order chi connectivity index (χ0) is 12.3. The fourth-order valence-corrected chi connectivity index (χ4v) is 3.65. The molecule has 0 amide bonds. The molecule has 0 radical (unpaired) electrons. The van der Waals surface area contributed by atoms with Crippen LogP contribution in [0.1, 0.15) is 58.3 Å². The van der Waals surface area contributed by atoms with Gasteiger partial charge in [0.1, 0.15) is 0 Å². The maximum atomic E-state index is 10.0. The van der Waals surface area contributed by atoms with Crippen LogP contribution in [0.2, 0.25) is 0 Å². The summed E-state index contributed by atoms with van der Waals surface area (Å²) in [6, 6.07) is 0.196. The van der Waals surface area contributed by atoms with Gasteiger partial charge < -0.3 is 15.5 Å². The Morgan fingerprint density at radius 1 is 1.18 bits per heavy atom. The van der Waals surface area contributed by atoms with Gasteiger partial charge in [0.25, 0.3) is 0 Å². The average Bonchev–Trinajstić information content (AvgIpc) is 2.32. The molecule has 0 saturated heterocycles. The third-order valence-corrected chi connectivity index (χ3v) is 4.62. The molecule has 3 N–H and O–H groups in total. The highest BCUT2D eigenvalue weighted by Gasteiger charge is 2.38. The smallest absolute Gasteiger partial charge is 0.0693 e. The Balaban J connectivity index is 1.97. The summed E-state index contributed by atoms with van der Waals surface area (Å²) in [5.41, 5.74) is -0.124. The summed E-state index contributed by atoms with van der Waals surface area (Å²) in [5, 5.41) is 23.4. The molecule has 0 aromatic carbocycles. The van der Waals surface area contributed by atoms with E-state index in [9.17, 15) is 10.2 Å². The van der Waals surface area contributed by atoms with E-state index in [0.29, 0.717) is 5.92 Å². The minimum atomic E-state index is -0.218. The molecule has 2 aliphatic rings. The van der Waals surface area contributed by atoms with Gasteiger partial charge in [0.05, 0.1) is 12.7 Å². The normalized spacial score (nSPS) is 43.6. The molecular formula is C14H27NO2. The number of aliphatic hydroxyl groups is 2. The monoisotopic (exact) mass is 241 g/mol. The average molecular weight is 241 g/mol. The van der Waals surface area contributed by atoms with Crippen LogP contribution in [-0.4, -0.2) is 34.5 Å². The van der Waals surface area contributed by atoms with Crippen molar-refractivity contribution >= 4 is 0 Å². The van der Waals surface area contributed by atoms with Gasteiger partial charge in [0, 0.05) is 11.6 Å². The van der Waals surface area contributed by atoms with Crippen molar-refractivity contribution in [1.29, 1.82) is 0 Å². The first kappa shape index (κ1) is 13.3. The number of hydrogen-bond acceptors (Lipinski definition) is 3. The minimum Gasteiger partial charge on any atom is -0.394 e. The van der Waals surface area contributed by atoms with Gasteiger partial charge in [-0.05, 0) is 31.6 Å². The third-order valence-electron chi connectivity index (χ3n) is 4.62. The van der Waals surface area contributed by atoms with Gasteiger partial charge in [-0.25, -0.2) is 0 Å². The molecule has 17 heavy (non-hydrogen) atoms. The van der Waals surface area contributed by atoms with E-state index in [2.05, 4.69) is 12.2 Å². The Kier molecular flexibility index (Phi) is 4.45. The lowest BCUT2D eigenvalue weighted by Crippen LogP contribution is -2.58. The molecule has 4 atom stereocenters. The molecule has 0 bridgehead atoms. The van der Waals surface area contributed by atoms with Crippen LogP contribution in [0.4, 0.5) is 0 Å². The second kappa shape index (κ2) is 5.68. The van der Waals surface area contributed by atoms with E-state index >= 15 is 0 Å². The van der Waals surface area contributed by atoms with Crippen LogP contribution < -0.4 is 5.32 Å². The van der Waals surface area contributed by atoms with E-state index in [-0.39, 0.29) is 24.3 Å². The molecule has 0 aromatic rings. The molecule has 2 rings (SSSR count). The van der Waals surface area contributed by atoms with Crippen molar-refractivity contribution in [3.63, 3.8) is 0 Å². The predicted molar refractivity (Wildman–Crippen MR) is 68.8 cm³/mol. The van der Waals surface area contributed by atoms with Crippen molar-refractivity contribution in [2.45, 2.75) is 76.0 Å². The van der Waals surface area contributed by atoms with Gasteiger partial charge in [-0.15, -0.1) is 0 Å². The first-order valence-electron chi connectivity index (χ1n) is 7.22. The molecule has 4 unspecified atom stereocenters. The Labute approximate surface area is 105 Å². The molecule has 0 aromatic heterocycles. The van der Waals surface area contributed by atoms with Crippen molar-refractivity contribution in [1.82, 2.24) is 5.32 Å². The van der Waals surface area contributed by atoms with E-state index in [1.54, 1.807) is 0 Å². The zero-order valence-corrected chi connectivity index (χ0v) is 11.0. The highest BCUT2D eigenvalue weighted by molar-refractivity contribution is 4.96. The van der Waals surface area contributed by atoms with Crippen LogP contribution in [-0.2, 0) is 0 Å². The van der Waals surface area contributed by atoms with Crippen molar-refractivity contribution in [2.75, 3.05) is 6.61 Å². The lowest BCUT2D eigenvalue weighted by Gasteiger charge is -2.44. The van der Waals surface area contributed by atoms with Gasteiger partial charge in [-0.1, -0.05) is 32.6 Å². The van der Waals surface area contributed by atoms with Gasteiger partial charge >= 0.3 is 0 Å². The minimum absolute atomic E-state index is 0.124. The Hall–Kier alpha value is -0.120. The van der Waals surface area contributed by atoms with E-state index < -0.39 is 0 Å². The lowest BCUT2D eigenvalue weighted by atomic mass is 9.75. The Morgan fingerprint density at radius 2 is 1.94 bits per heavy atom. The molecule has 2 saturated carbocycles. The Bertz CT molecular complexity index is 246. The number of rotatable bonds is 3. The maximum absolute atomic E-state index is 10.0. The first-order valence-corrected chi connectivity index (χ1v) is 7.22. The van der Waals surface area contributed by atoms with Gasteiger partial charge in [0.15, 0.2) is 0 Å². The number of nitrogens with one attached hydrogen (secondary N) is 1. The Morgan fingerprint density at radius 3 is 2.59 bits per heavy atom. The highest BCUT2D eigenvalue weighted by Crippen LogP contribution is 2.33. The van der Waals surface area contributed by atoms with Gasteiger partial charge in [-0.3, -0.25) is 0 Å². The summed E-state index contributed by atoms with van der Waals surface area (Å²) >= 11 is 0. The molecule has 3 heteroatoms. The summed E-state index contributed by atoms with van der Waals surface area (Å²) in [7, 11) is 0. The van der Waals surface area contributed by atoms with Crippen LogP contribution in [0, 0.1) is 5.92 Å². The van der Waals surface area contributed by atoms with Gasteiger partial charge in [-0.2, -0.15) is 0 Å². The largest absolute Gasteiger partial charge is 0.394 e. The van der Waals surface area contributed by atoms with Crippen LogP contribution in [0.5, 0.6) is 0 Å². The van der Waals surface area contributed by atoms with E-state index in [4.69, 9.17) is 0 Å². The molecule has 2 fully saturated rings. The van der Waals surface area contributed by atoms with E-state index in [1.165, 1.54) is 19.3 Å². The molecule has 0 heterocycles. The molecule has 0 aliphatic heterocycles. The second-order valence-corrected chi connectivity index (χ2v) is 6.24. The number of aliphatic hydroxyl groups excluding tert-OH is 2. The van der Waals surface area contributed by atoms with Crippen molar-refractivity contribution in [3.05, 3.63) is 0 Å². The third kappa shape index (κ3) is 3.21. The quantitative estimate of drug-likeness (QED) is 0.706. The summed E-state index contributed by atoms with van der Waals surface area (Å²) in [4.78, 5) is 0. The second-order valence-electron chi connectivity index (χ2n) is 6.24. The molecule has 2 aliphatic carbocycles. The van der Waals surface area contributed by atoms with Gasteiger partial charge in [0.2, 0.25) is 0 Å². The predicted octanol–water partition coefficient (Wildman–Crippen LogP) is 1.82. The lowest BCUT2D eigenvalue weighted by molar-refractivity contribution is 0.0328. The molecule has 0 spiro atoms. The molecular weight excluding hydrogens is 214 g/mol. The van der Waals surface area contributed by atoms with Crippen molar-refractivity contribution in [3.8, 4) is 0 Å². The van der Waals surface area contributed by atoms with E-state index in [0.717, 1.165) is 32.1 Å². The molecule has 100 valence electrons. The highest BCUT2D eigenvalue weighted by atomic mass is 16.3. The maximum Gasteiger partial charge on any atom is 0.0693 e. The fourth-order valence-electron chi connectivity index (χ4n) is 3.65. The van der Waals surface area contributed by atoms with Crippen LogP contribution in [0.25, 0.3) is 0 Å². The fraction of sp³-hybridized carbons (Fsp3) is 1.00. The summed E-state index contributed by atoms with van der Waals surface area (Å²) < 4.78 is 0. The van der Waals surface area contributed by atoms with E-state index in [1.807, 2.05) is 0 Å². The van der Waals surface area contributed by atoms with Crippen LogP contribution in [0.3, 0.4) is 0 Å².